The Balaban J connectivity index is 2.03. The minimum atomic E-state index is -0.927. The smallest absolute Gasteiger partial charge is 0.331 e. The van der Waals surface area contributed by atoms with Crippen LogP contribution in [0.2, 0.25) is 0 Å². The van der Waals surface area contributed by atoms with Crippen molar-refractivity contribution < 1.29 is 18.8 Å². The lowest BCUT2D eigenvalue weighted by Crippen LogP contribution is -2.57. The van der Waals surface area contributed by atoms with E-state index in [-0.39, 0.29) is 18.0 Å². The molecule has 0 aliphatic rings. The van der Waals surface area contributed by atoms with Gasteiger partial charge in [-0.3, -0.25) is 4.79 Å². The minimum Gasteiger partial charge on any atom is -0.331 e. The van der Waals surface area contributed by atoms with Crippen molar-refractivity contribution >= 4 is 40.1 Å². The number of rotatable bonds is 8. The maximum atomic E-state index is 13.9. The predicted molar refractivity (Wildman–Crippen MR) is 125 cm³/mol. The highest BCUT2D eigenvalue weighted by atomic mass is 79.9. The molecule has 0 spiro atoms. The van der Waals surface area contributed by atoms with E-state index in [9.17, 15) is 18.8 Å². The molecule has 172 valence electrons. The van der Waals surface area contributed by atoms with Crippen LogP contribution in [-0.4, -0.2) is 29.0 Å². The van der Waals surface area contributed by atoms with Gasteiger partial charge in [0.2, 0.25) is 6.41 Å². The van der Waals surface area contributed by atoms with Crippen LogP contribution < -0.4 is 16.1 Å². The fourth-order valence-corrected chi connectivity index (χ4v) is 3.81. The monoisotopic (exact) mass is 506 g/mol. The number of urea groups is 2. The van der Waals surface area contributed by atoms with Crippen LogP contribution >= 0.6 is 15.9 Å². The molecule has 0 aromatic heterocycles. The molecule has 2 aromatic rings. The number of benzene rings is 2. The molecule has 0 radical (unpaired) electrons. The second-order valence-electron chi connectivity index (χ2n) is 8.24. The Kier molecular flexibility index (Phi) is 9.19. The molecule has 0 heterocycles. The number of imide groups is 1. The van der Waals surface area contributed by atoms with Crippen molar-refractivity contribution in [3.8, 4) is 0 Å². The molecule has 0 aliphatic heterocycles. The molecule has 0 fully saturated rings. The van der Waals surface area contributed by atoms with Gasteiger partial charge >= 0.3 is 12.1 Å². The third-order valence-electron chi connectivity index (χ3n) is 4.80. The zero-order chi connectivity index (χ0) is 23.7. The van der Waals surface area contributed by atoms with Crippen molar-refractivity contribution in [2.75, 3.05) is 5.32 Å². The van der Waals surface area contributed by atoms with E-state index in [1.165, 1.54) is 12.1 Å². The number of aryl methyl sites for hydroxylation is 1. The Morgan fingerprint density at radius 1 is 1.19 bits per heavy atom. The number of halogens is 2. The van der Waals surface area contributed by atoms with Crippen molar-refractivity contribution in [1.29, 1.82) is 0 Å². The van der Waals surface area contributed by atoms with Gasteiger partial charge in [0.15, 0.2) is 0 Å². The summed E-state index contributed by atoms with van der Waals surface area (Å²) in [6.07, 6.45) is 2.25. The van der Waals surface area contributed by atoms with E-state index >= 15 is 0 Å². The highest BCUT2D eigenvalue weighted by Gasteiger charge is 2.30. The second kappa shape index (κ2) is 11.6. The molecule has 0 saturated carbocycles. The summed E-state index contributed by atoms with van der Waals surface area (Å²) in [6.45, 7) is 6.00. The lowest BCUT2D eigenvalue weighted by Gasteiger charge is -2.34. The Morgan fingerprint density at radius 3 is 2.47 bits per heavy atom. The molecule has 32 heavy (non-hydrogen) atoms. The normalized spacial score (nSPS) is 12.6. The first kappa shape index (κ1) is 25.3. The maximum absolute atomic E-state index is 13.9. The van der Waals surface area contributed by atoms with Crippen LogP contribution in [0.4, 0.5) is 19.7 Å². The number of carbonyl (C=O) groups excluding carboxylic acids is 3. The molecule has 2 aromatic carbocycles. The third-order valence-corrected chi connectivity index (χ3v) is 5.29. The van der Waals surface area contributed by atoms with Crippen LogP contribution in [0.25, 0.3) is 0 Å². The van der Waals surface area contributed by atoms with Gasteiger partial charge in [0.1, 0.15) is 5.82 Å². The zero-order valence-electron chi connectivity index (χ0n) is 18.3. The van der Waals surface area contributed by atoms with Crippen molar-refractivity contribution in [2.24, 2.45) is 5.92 Å². The van der Waals surface area contributed by atoms with Gasteiger partial charge in [0.05, 0.1) is 5.69 Å². The van der Waals surface area contributed by atoms with Crippen LogP contribution in [-0.2, 0) is 11.2 Å². The molecule has 1 unspecified atom stereocenters. The van der Waals surface area contributed by atoms with E-state index in [1.54, 1.807) is 6.07 Å². The molecule has 7 nitrogen and oxygen atoms in total. The van der Waals surface area contributed by atoms with Crippen LogP contribution in [0.1, 0.15) is 39.2 Å². The largest absolute Gasteiger partial charge is 0.343 e. The molecule has 3 N–H and O–H groups in total. The molecule has 1 atom stereocenters. The summed E-state index contributed by atoms with van der Waals surface area (Å²) in [5, 5.41) is 5.65. The van der Waals surface area contributed by atoms with Gasteiger partial charge in [0, 0.05) is 10.0 Å². The zero-order valence-corrected chi connectivity index (χ0v) is 19.9. The standard InChI is InChI=1S/C23H28BrFN4O3/c1-16(2)14-23(3,12-11-17-7-5-4-6-8-17)27-22(32)29(15-30)28-21(31)26-20-10-9-18(24)13-19(20)25/h4-10,13,15-16H,11-12,14H2,1-3H3,(H,27,32)(H2,26,28,31). The minimum absolute atomic E-state index is 0.0931. The third kappa shape index (κ3) is 7.96. The summed E-state index contributed by atoms with van der Waals surface area (Å²) >= 11 is 3.13. The number of amides is 5. The van der Waals surface area contributed by atoms with Gasteiger partial charge in [-0.1, -0.05) is 60.1 Å². The van der Waals surface area contributed by atoms with E-state index in [1.807, 2.05) is 51.1 Å². The molecule has 0 bridgehead atoms. The van der Waals surface area contributed by atoms with Gasteiger partial charge in [-0.15, -0.1) is 0 Å². The molecule has 0 aliphatic carbocycles. The van der Waals surface area contributed by atoms with Gasteiger partial charge in [-0.25, -0.2) is 19.4 Å². The van der Waals surface area contributed by atoms with Crippen molar-refractivity contribution in [3.05, 3.63) is 64.4 Å². The molecule has 2 rings (SSSR count). The molecule has 0 saturated heterocycles. The first-order valence-corrected chi connectivity index (χ1v) is 11.0. The first-order chi connectivity index (χ1) is 15.1. The van der Waals surface area contributed by atoms with Crippen LogP contribution in [0.5, 0.6) is 0 Å². The number of hydrogen-bond donors (Lipinski definition) is 3. The molecular weight excluding hydrogens is 479 g/mol. The number of nitrogens with one attached hydrogen (secondary N) is 3. The quantitative estimate of drug-likeness (QED) is 0.338. The highest BCUT2D eigenvalue weighted by molar-refractivity contribution is 9.10. The van der Waals surface area contributed by atoms with Crippen molar-refractivity contribution in [2.45, 2.75) is 45.6 Å². The summed E-state index contributed by atoms with van der Waals surface area (Å²) in [6, 6.07) is 12.3. The Hall–Kier alpha value is -2.94. The maximum Gasteiger partial charge on any atom is 0.343 e. The number of hydrogen-bond acceptors (Lipinski definition) is 3. The predicted octanol–water partition coefficient (Wildman–Crippen LogP) is 5.23. The van der Waals surface area contributed by atoms with E-state index < -0.39 is 23.4 Å². The van der Waals surface area contributed by atoms with Gasteiger partial charge in [-0.2, -0.15) is 5.01 Å². The van der Waals surface area contributed by atoms with E-state index in [2.05, 4.69) is 32.0 Å². The van der Waals surface area contributed by atoms with Gasteiger partial charge < -0.3 is 10.6 Å². The SMILES string of the molecule is CC(C)CC(C)(CCc1ccccc1)NC(=O)N(C=O)NC(=O)Nc1ccc(Br)cc1F. The summed E-state index contributed by atoms with van der Waals surface area (Å²) in [7, 11) is 0. The van der Waals surface area contributed by atoms with Crippen molar-refractivity contribution in [1.82, 2.24) is 15.8 Å². The number of carbonyl (C=O) groups is 3. The number of hydrazine groups is 1. The Labute approximate surface area is 195 Å². The Bertz CT molecular complexity index is 942. The topological polar surface area (TPSA) is 90.5 Å². The molecular formula is C23H28BrFN4O3. The summed E-state index contributed by atoms with van der Waals surface area (Å²) in [5.74, 6) is -0.376. The second-order valence-corrected chi connectivity index (χ2v) is 9.16. The van der Waals surface area contributed by atoms with E-state index in [0.717, 1.165) is 12.0 Å². The summed E-state index contributed by atoms with van der Waals surface area (Å²) in [5.41, 5.74) is 2.56. The molecule has 9 heteroatoms. The van der Waals surface area contributed by atoms with Crippen molar-refractivity contribution in [3.63, 3.8) is 0 Å². The first-order valence-electron chi connectivity index (χ1n) is 10.2. The lowest BCUT2D eigenvalue weighted by atomic mass is 9.85. The van der Waals surface area contributed by atoms with Crippen LogP contribution in [0, 0.1) is 11.7 Å². The highest BCUT2D eigenvalue weighted by Crippen LogP contribution is 2.23. The van der Waals surface area contributed by atoms with E-state index in [0.29, 0.717) is 22.3 Å². The van der Waals surface area contributed by atoms with Crippen LogP contribution in [0.15, 0.2) is 53.0 Å². The fraction of sp³-hybridized carbons (Fsp3) is 0.348. The Morgan fingerprint density at radius 2 is 1.88 bits per heavy atom. The fourth-order valence-electron chi connectivity index (χ4n) is 3.48. The summed E-state index contributed by atoms with van der Waals surface area (Å²) in [4.78, 5) is 36.4. The average molecular weight is 507 g/mol. The number of nitrogens with zero attached hydrogens (tertiary/aromatic N) is 1. The summed E-state index contributed by atoms with van der Waals surface area (Å²) < 4.78 is 14.4. The lowest BCUT2D eigenvalue weighted by molar-refractivity contribution is -0.117. The molecule has 5 amide bonds. The van der Waals surface area contributed by atoms with E-state index in [4.69, 9.17) is 0 Å². The van der Waals surface area contributed by atoms with Gasteiger partial charge in [0.25, 0.3) is 0 Å². The van der Waals surface area contributed by atoms with Crippen LogP contribution in [0.3, 0.4) is 0 Å². The number of anilines is 1. The van der Waals surface area contributed by atoms with Gasteiger partial charge in [-0.05, 0) is 55.9 Å². The average Bonchev–Trinajstić information content (AvgIpc) is 2.72.